The molecule has 1 unspecified atom stereocenters. The second-order valence-electron chi connectivity index (χ2n) is 7.53. The summed E-state index contributed by atoms with van der Waals surface area (Å²) >= 11 is 0. The number of ether oxygens (including phenoxy) is 1. The third-order valence-electron chi connectivity index (χ3n) is 5.84. The fraction of sp³-hybridized carbons (Fsp3) is 0.304. The molecule has 4 nitrogen and oxygen atoms in total. The predicted octanol–water partition coefficient (Wildman–Crippen LogP) is 4.78. The van der Waals surface area contributed by atoms with Crippen LogP contribution in [0.1, 0.15) is 36.5 Å². The predicted molar refractivity (Wildman–Crippen MR) is 108 cm³/mol. The van der Waals surface area contributed by atoms with E-state index in [1.54, 1.807) is 12.7 Å². The summed E-state index contributed by atoms with van der Waals surface area (Å²) in [6.07, 6.45) is 12.1. The first-order valence-corrected chi connectivity index (χ1v) is 9.61. The number of hydrogen-bond donors (Lipinski definition) is 0. The van der Waals surface area contributed by atoms with Crippen LogP contribution >= 0.6 is 0 Å². The molecular weight excluding hydrogens is 334 g/mol. The van der Waals surface area contributed by atoms with Crippen molar-refractivity contribution in [2.24, 2.45) is 5.92 Å². The molecule has 5 rings (SSSR count). The molecule has 0 N–H and O–H groups in total. The van der Waals surface area contributed by atoms with Crippen LogP contribution < -0.4 is 4.74 Å². The summed E-state index contributed by atoms with van der Waals surface area (Å²) in [5.74, 6) is 1.47. The summed E-state index contributed by atoms with van der Waals surface area (Å²) in [5.41, 5.74) is 7.86. The molecule has 0 fully saturated rings. The zero-order valence-electron chi connectivity index (χ0n) is 15.8. The molecule has 0 aliphatic heterocycles. The number of pyridine rings is 1. The Bertz CT molecular complexity index is 1070. The molecule has 4 heteroatoms. The molecule has 2 aliphatic rings. The van der Waals surface area contributed by atoms with Crippen molar-refractivity contribution < 1.29 is 4.74 Å². The average molecular weight is 357 g/mol. The number of rotatable bonds is 3. The lowest BCUT2D eigenvalue weighted by Crippen LogP contribution is -2.15. The van der Waals surface area contributed by atoms with Crippen molar-refractivity contribution in [1.29, 1.82) is 0 Å². The molecule has 0 bridgehead atoms. The molecule has 2 aliphatic carbocycles. The Labute approximate surface area is 159 Å². The molecule has 0 saturated carbocycles. The van der Waals surface area contributed by atoms with Gasteiger partial charge < -0.3 is 4.74 Å². The van der Waals surface area contributed by atoms with Crippen LogP contribution in [0.25, 0.3) is 16.6 Å². The minimum absolute atomic E-state index is 0.603. The number of methoxy groups -OCH3 is 1. The lowest BCUT2D eigenvalue weighted by Gasteiger charge is -2.29. The molecule has 2 heterocycles. The maximum atomic E-state index is 5.25. The fourth-order valence-corrected chi connectivity index (χ4v) is 4.45. The highest BCUT2D eigenvalue weighted by molar-refractivity contribution is 5.96. The van der Waals surface area contributed by atoms with Crippen molar-refractivity contribution >= 4 is 16.6 Å². The van der Waals surface area contributed by atoms with Gasteiger partial charge in [-0.1, -0.05) is 36.8 Å². The quantitative estimate of drug-likeness (QED) is 0.677. The molecular formula is C23H23N3O. The van der Waals surface area contributed by atoms with Crippen molar-refractivity contribution in [3.05, 3.63) is 71.1 Å². The minimum atomic E-state index is 0.603. The van der Waals surface area contributed by atoms with Crippen LogP contribution in [-0.2, 0) is 13.0 Å². The lowest BCUT2D eigenvalue weighted by atomic mass is 9.76. The van der Waals surface area contributed by atoms with E-state index in [0.29, 0.717) is 12.5 Å². The third kappa shape index (κ3) is 2.67. The number of nitrogens with zero attached hydrogens (tertiary/aromatic N) is 3. The van der Waals surface area contributed by atoms with Crippen molar-refractivity contribution in [2.75, 3.05) is 7.11 Å². The van der Waals surface area contributed by atoms with E-state index in [4.69, 9.17) is 9.72 Å². The maximum Gasteiger partial charge on any atom is 0.158 e. The number of fused-ring (bicyclic) bond motifs is 4. The molecule has 0 amide bonds. The highest BCUT2D eigenvalue weighted by Crippen LogP contribution is 2.42. The highest BCUT2D eigenvalue weighted by Gasteiger charge is 2.27. The van der Waals surface area contributed by atoms with Crippen LogP contribution in [0.3, 0.4) is 0 Å². The van der Waals surface area contributed by atoms with Gasteiger partial charge in [-0.05, 0) is 59.6 Å². The Morgan fingerprint density at radius 3 is 2.85 bits per heavy atom. The zero-order valence-corrected chi connectivity index (χ0v) is 15.8. The summed E-state index contributed by atoms with van der Waals surface area (Å²) < 4.78 is 7.25. The molecule has 1 atom stereocenters. The Balaban J connectivity index is 1.59. The van der Waals surface area contributed by atoms with Crippen molar-refractivity contribution in [1.82, 2.24) is 14.8 Å². The van der Waals surface area contributed by atoms with Gasteiger partial charge in [-0.3, -0.25) is 0 Å². The molecule has 2 aromatic heterocycles. The number of allylic oxidation sites excluding steroid dienone is 4. The van der Waals surface area contributed by atoms with E-state index in [1.807, 2.05) is 23.0 Å². The Morgan fingerprint density at radius 1 is 1.19 bits per heavy atom. The van der Waals surface area contributed by atoms with Crippen LogP contribution in [0.15, 0.2) is 54.4 Å². The van der Waals surface area contributed by atoms with Crippen LogP contribution in [0, 0.1) is 5.92 Å². The van der Waals surface area contributed by atoms with E-state index in [1.165, 1.54) is 34.1 Å². The lowest BCUT2D eigenvalue weighted by molar-refractivity contribution is 0.414. The Hall–Kier alpha value is -2.88. The van der Waals surface area contributed by atoms with Crippen LogP contribution in [0.4, 0.5) is 0 Å². The molecule has 3 aromatic rings. The van der Waals surface area contributed by atoms with Crippen molar-refractivity contribution in [3.8, 4) is 5.75 Å². The third-order valence-corrected chi connectivity index (χ3v) is 5.84. The summed E-state index contributed by atoms with van der Waals surface area (Å²) in [4.78, 5) is 4.79. The largest absolute Gasteiger partial charge is 0.497 e. The van der Waals surface area contributed by atoms with Gasteiger partial charge in [-0.25, -0.2) is 9.67 Å². The molecule has 27 heavy (non-hydrogen) atoms. The van der Waals surface area contributed by atoms with Crippen LogP contribution in [-0.4, -0.2) is 21.9 Å². The van der Waals surface area contributed by atoms with Gasteiger partial charge >= 0.3 is 0 Å². The van der Waals surface area contributed by atoms with Gasteiger partial charge in [0.2, 0.25) is 0 Å². The summed E-state index contributed by atoms with van der Waals surface area (Å²) in [7, 11) is 1.69. The van der Waals surface area contributed by atoms with Gasteiger partial charge in [0.1, 0.15) is 5.75 Å². The number of aromatic nitrogens is 3. The monoisotopic (exact) mass is 357 g/mol. The van der Waals surface area contributed by atoms with Crippen LogP contribution in [0.2, 0.25) is 0 Å². The van der Waals surface area contributed by atoms with Crippen LogP contribution in [0.5, 0.6) is 5.75 Å². The smallest absolute Gasteiger partial charge is 0.158 e. The first kappa shape index (κ1) is 16.3. The van der Waals surface area contributed by atoms with Gasteiger partial charge in [0, 0.05) is 11.6 Å². The SMILES string of the molecule is COc1ccc(Cn2ncc3c4c(cnc32)CC(C)C2=C4C=CCC2)cc1. The zero-order chi connectivity index (χ0) is 18.4. The van der Waals surface area contributed by atoms with Crippen molar-refractivity contribution in [2.45, 2.75) is 32.7 Å². The van der Waals surface area contributed by atoms with Gasteiger partial charge in [-0.2, -0.15) is 5.10 Å². The summed E-state index contributed by atoms with van der Waals surface area (Å²) in [6, 6.07) is 8.14. The van der Waals surface area contributed by atoms with Gasteiger partial charge in [0.15, 0.2) is 5.65 Å². The molecule has 1 aromatic carbocycles. The summed E-state index contributed by atoms with van der Waals surface area (Å²) in [6.45, 7) is 3.05. The average Bonchev–Trinajstić information content (AvgIpc) is 3.11. The first-order chi connectivity index (χ1) is 13.2. The molecule has 0 radical (unpaired) electrons. The van der Waals surface area contributed by atoms with E-state index in [0.717, 1.165) is 24.2 Å². The molecule has 0 saturated heterocycles. The van der Waals surface area contributed by atoms with Gasteiger partial charge in [-0.15, -0.1) is 0 Å². The number of hydrogen-bond acceptors (Lipinski definition) is 3. The number of benzene rings is 1. The van der Waals surface area contributed by atoms with E-state index in [9.17, 15) is 0 Å². The minimum Gasteiger partial charge on any atom is -0.497 e. The van der Waals surface area contributed by atoms with E-state index >= 15 is 0 Å². The second kappa shape index (κ2) is 6.38. The highest BCUT2D eigenvalue weighted by atomic mass is 16.5. The Kier molecular flexibility index (Phi) is 3.85. The van der Waals surface area contributed by atoms with Crippen molar-refractivity contribution in [3.63, 3.8) is 0 Å². The Morgan fingerprint density at radius 2 is 2.04 bits per heavy atom. The second-order valence-corrected chi connectivity index (χ2v) is 7.53. The first-order valence-electron chi connectivity index (χ1n) is 9.61. The van der Waals surface area contributed by atoms with E-state index in [2.05, 4.69) is 42.5 Å². The fourth-order valence-electron chi connectivity index (χ4n) is 4.45. The standard InChI is InChI=1S/C23H23N3O/c1-15-11-17-12-24-23-21(22(17)20-6-4-3-5-19(15)20)13-25-26(23)14-16-7-9-18(27-2)10-8-16/h4,6-10,12-13,15H,3,5,11,14H2,1-2H3. The normalized spacial score (nSPS) is 18.5. The topological polar surface area (TPSA) is 39.9 Å². The van der Waals surface area contributed by atoms with E-state index < -0.39 is 0 Å². The summed E-state index contributed by atoms with van der Waals surface area (Å²) in [5, 5.41) is 5.85. The van der Waals surface area contributed by atoms with Gasteiger partial charge in [0.05, 0.1) is 19.9 Å². The maximum absolute atomic E-state index is 5.25. The van der Waals surface area contributed by atoms with Gasteiger partial charge in [0.25, 0.3) is 0 Å². The molecule has 136 valence electrons. The molecule has 0 spiro atoms. The van der Waals surface area contributed by atoms with E-state index in [-0.39, 0.29) is 0 Å².